The third-order valence-corrected chi connectivity index (χ3v) is 11.5. The van der Waals surface area contributed by atoms with Gasteiger partial charge in [0.15, 0.2) is 0 Å². The number of nitrogens with one attached hydrogen (secondary N) is 2. The van der Waals surface area contributed by atoms with Crippen LogP contribution in [0.25, 0.3) is 45.0 Å². The number of hydrogen-bond acceptors (Lipinski definition) is 9. The van der Waals surface area contributed by atoms with Crippen LogP contribution < -0.4 is 0 Å². The summed E-state index contributed by atoms with van der Waals surface area (Å²) in [5.74, 6) is 0.712. The molecule has 5 heterocycles. The highest BCUT2D eigenvalue weighted by Crippen LogP contribution is 2.44. The van der Waals surface area contributed by atoms with Gasteiger partial charge in [-0.3, -0.25) is 15.0 Å². The smallest absolute Gasteiger partial charge is 0.248 e. The molecule has 8 rings (SSSR count). The molecule has 1 aliphatic carbocycles. The van der Waals surface area contributed by atoms with Crippen molar-refractivity contribution in [2.24, 2.45) is 5.92 Å². The minimum Gasteiger partial charge on any atom is -0.390 e. The normalized spacial score (nSPS) is 17.6. The molecule has 14 heteroatoms. The first-order chi connectivity index (χ1) is 27.1. The van der Waals surface area contributed by atoms with Crippen LogP contribution in [0.2, 0.25) is 10.0 Å². The second-order valence-corrected chi connectivity index (χ2v) is 15.8. The van der Waals surface area contributed by atoms with E-state index in [0.29, 0.717) is 35.0 Å². The van der Waals surface area contributed by atoms with Crippen molar-refractivity contribution in [2.45, 2.75) is 69.8 Å². The molecule has 6 aromatic rings. The maximum Gasteiger partial charge on any atom is 0.248 e. The van der Waals surface area contributed by atoms with E-state index in [-0.39, 0.29) is 11.8 Å². The van der Waals surface area contributed by atoms with Gasteiger partial charge in [-0.05, 0) is 94.7 Å². The van der Waals surface area contributed by atoms with Gasteiger partial charge in [0.1, 0.15) is 30.6 Å². The Morgan fingerprint density at radius 3 is 1.55 bits per heavy atom. The molecule has 2 aliphatic rings. The molecular formula is C42H45Cl2N9O3. The molecule has 2 aromatic carbocycles. The number of piperidine rings is 1. The van der Waals surface area contributed by atoms with Gasteiger partial charge in [-0.25, -0.2) is 19.9 Å². The van der Waals surface area contributed by atoms with Crippen molar-refractivity contribution < 1.29 is 15.0 Å². The summed E-state index contributed by atoms with van der Waals surface area (Å²) in [6.45, 7) is 4.62. The number of aromatic nitrogens is 8. The Balaban J connectivity index is 0.000000172. The first kappa shape index (κ1) is 39.2. The van der Waals surface area contributed by atoms with Gasteiger partial charge >= 0.3 is 0 Å². The summed E-state index contributed by atoms with van der Waals surface area (Å²) < 4.78 is 0. The number of halogens is 2. The van der Waals surface area contributed by atoms with Crippen molar-refractivity contribution in [3.05, 3.63) is 107 Å². The highest BCUT2D eigenvalue weighted by atomic mass is 35.5. The zero-order valence-corrected chi connectivity index (χ0v) is 32.9. The minimum atomic E-state index is -0.622. The molecule has 1 aliphatic heterocycles. The molecule has 2 fully saturated rings. The van der Waals surface area contributed by atoms with Crippen LogP contribution in [0.3, 0.4) is 0 Å². The molecule has 1 saturated carbocycles. The summed E-state index contributed by atoms with van der Waals surface area (Å²) in [5, 5.41) is 36.6. The number of aliphatic hydroxyl groups is 2. The molecule has 12 nitrogen and oxygen atoms in total. The molecule has 56 heavy (non-hydrogen) atoms. The van der Waals surface area contributed by atoms with Crippen LogP contribution in [0.5, 0.6) is 0 Å². The Bertz CT molecular complexity index is 2190. The van der Waals surface area contributed by atoms with Crippen LogP contribution in [0.1, 0.15) is 75.6 Å². The van der Waals surface area contributed by atoms with E-state index >= 15 is 0 Å². The first-order valence-electron chi connectivity index (χ1n) is 18.9. The Morgan fingerprint density at radius 1 is 0.714 bits per heavy atom. The number of nitrogens with zero attached hydrogens (tertiary/aromatic N) is 7. The second-order valence-electron chi connectivity index (χ2n) is 14.9. The van der Waals surface area contributed by atoms with E-state index in [1.807, 2.05) is 74.5 Å². The van der Waals surface area contributed by atoms with Gasteiger partial charge < -0.3 is 15.1 Å². The number of rotatable bonds is 8. The number of amides is 1. The van der Waals surface area contributed by atoms with Crippen molar-refractivity contribution in [3.63, 3.8) is 0 Å². The van der Waals surface area contributed by atoms with Crippen molar-refractivity contribution in [1.29, 1.82) is 0 Å². The fourth-order valence-corrected chi connectivity index (χ4v) is 8.19. The third kappa shape index (κ3) is 8.84. The fraction of sp³-hybridized carbons (Fsp3) is 0.357. The van der Waals surface area contributed by atoms with Gasteiger partial charge in [0.25, 0.3) is 0 Å². The number of hydrogen-bond donors (Lipinski definition) is 4. The number of H-pyrrole nitrogens is 2. The van der Waals surface area contributed by atoms with Crippen molar-refractivity contribution in [3.8, 4) is 45.0 Å². The molecule has 4 aromatic heterocycles. The molecule has 1 saturated heterocycles. The second kappa shape index (κ2) is 17.4. The molecule has 0 unspecified atom stereocenters. The average Bonchev–Trinajstić information content (AvgIpc) is 3.88. The van der Waals surface area contributed by atoms with Gasteiger partial charge in [0.05, 0.1) is 17.0 Å². The highest BCUT2D eigenvalue weighted by Gasteiger charge is 2.34. The van der Waals surface area contributed by atoms with E-state index in [4.69, 9.17) is 28.3 Å². The highest BCUT2D eigenvalue weighted by molar-refractivity contribution is 6.31. The van der Waals surface area contributed by atoms with Crippen LogP contribution in [0.15, 0.2) is 85.7 Å². The summed E-state index contributed by atoms with van der Waals surface area (Å²) in [4.78, 5) is 30.5. The van der Waals surface area contributed by atoms with E-state index < -0.39 is 12.2 Å². The molecule has 0 atom stereocenters. The lowest BCUT2D eigenvalue weighted by molar-refractivity contribution is -0.135. The van der Waals surface area contributed by atoms with E-state index in [1.54, 1.807) is 23.6 Å². The monoisotopic (exact) mass is 793 g/mol. The molecule has 290 valence electrons. The lowest BCUT2D eigenvalue weighted by Gasteiger charge is -2.35. The lowest BCUT2D eigenvalue weighted by atomic mass is 9.73. The largest absolute Gasteiger partial charge is 0.390 e. The Hall–Kier alpha value is -5.01. The Labute approximate surface area is 335 Å². The number of likely N-dealkylation sites (tertiary alicyclic amines) is 1. The Kier molecular flexibility index (Phi) is 12.2. The quantitative estimate of drug-likeness (QED) is 0.119. The summed E-state index contributed by atoms with van der Waals surface area (Å²) in [6.07, 6.45) is 12.2. The van der Waals surface area contributed by atoms with Crippen molar-refractivity contribution >= 4 is 29.1 Å². The zero-order chi connectivity index (χ0) is 39.2. The number of benzene rings is 2. The predicted molar refractivity (Wildman–Crippen MR) is 217 cm³/mol. The SMILES string of the molecule is CC(C)(O)C1CCC(c2[nH]nc(-c3ccc(Cl)cc3)c2-c2ccncn2)CC1.O=C(CO)N1CCC(c2[nH]nc(-c3ccc(Cl)cc3)c2-c2ccncn2)CC1. The number of aromatic amines is 2. The fourth-order valence-electron chi connectivity index (χ4n) is 7.94. The predicted octanol–water partition coefficient (Wildman–Crippen LogP) is 8.12. The number of carbonyl (C=O) groups is 1. The van der Waals surface area contributed by atoms with Gasteiger partial charge in [0, 0.05) is 81.0 Å². The summed E-state index contributed by atoms with van der Waals surface area (Å²) >= 11 is 12.1. The topological polar surface area (TPSA) is 170 Å². The van der Waals surface area contributed by atoms with Crippen LogP contribution in [-0.2, 0) is 4.79 Å². The third-order valence-electron chi connectivity index (χ3n) is 11.0. The summed E-state index contributed by atoms with van der Waals surface area (Å²) in [7, 11) is 0. The van der Waals surface area contributed by atoms with Crippen molar-refractivity contribution in [2.75, 3.05) is 19.7 Å². The standard InChI is InChI=1S/C22H25ClN4O.C20H20ClN5O2/c1-22(2,28)16-7-3-14(4-8-16)20-19(18-11-12-24-13-25-18)21(27-26-20)15-5-9-17(23)10-6-15;21-15-3-1-13(2-4-15)19-18(16-5-8-22-12-23-16)20(25-24-19)14-6-9-26(10-7-14)17(28)11-27/h5-6,9-14,16,28H,3-4,7-8H2,1-2H3,(H,26,27);1-5,8,12,14,27H,6-7,9-11H2,(H,24,25). The van der Waals surface area contributed by atoms with E-state index in [2.05, 4.69) is 40.3 Å². The Morgan fingerprint density at radius 2 is 1.16 bits per heavy atom. The molecule has 0 bridgehead atoms. The van der Waals surface area contributed by atoms with E-state index in [9.17, 15) is 9.90 Å². The molecule has 4 N–H and O–H groups in total. The number of aliphatic hydroxyl groups excluding tert-OH is 1. The van der Waals surface area contributed by atoms with Gasteiger partial charge in [-0.15, -0.1) is 0 Å². The van der Waals surface area contributed by atoms with Crippen LogP contribution in [-0.4, -0.2) is 86.6 Å². The maximum atomic E-state index is 11.7. The van der Waals surface area contributed by atoms with Gasteiger partial charge in [-0.1, -0.05) is 47.5 Å². The van der Waals surface area contributed by atoms with Gasteiger partial charge in [-0.2, -0.15) is 10.2 Å². The van der Waals surface area contributed by atoms with E-state index in [0.717, 1.165) is 94.9 Å². The maximum absolute atomic E-state index is 11.7. The van der Waals surface area contributed by atoms with Crippen LogP contribution in [0.4, 0.5) is 0 Å². The first-order valence-corrected chi connectivity index (χ1v) is 19.7. The van der Waals surface area contributed by atoms with Crippen molar-refractivity contribution in [1.82, 2.24) is 45.2 Å². The average molecular weight is 795 g/mol. The zero-order valence-electron chi connectivity index (χ0n) is 31.4. The minimum absolute atomic E-state index is 0.221. The lowest BCUT2D eigenvalue weighted by Crippen LogP contribution is -2.39. The molecule has 0 spiro atoms. The summed E-state index contributed by atoms with van der Waals surface area (Å²) in [5.41, 5.74) is 8.84. The van der Waals surface area contributed by atoms with Gasteiger partial charge in [0.2, 0.25) is 5.91 Å². The molecule has 0 radical (unpaired) electrons. The molecule has 1 amide bonds. The van der Waals surface area contributed by atoms with Crippen LogP contribution >= 0.6 is 23.2 Å². The number of carbonyl (C=O) groups excluding carboxylic acids is 1. The molecular weight excluding hydrogens is 749 g/mol. The summed E-state index contributed by atoms with van der Waals surface area (Å²) in [6, 6.07) is 19.1. The van der Waals surface area contributed by atoms with Crippen LogP contribution in [0, 0.1) is 5.92 Å². The van der Waals surface area contributed by atoms with E-state index in [1.165, 1.54) is 6.33 Å².